The zero-order valence-corrected chi connectivity index (χ0v) is 16.3. The van der Waals surface area contributed by atoms with Gasteiger partial charge in [-0.2, -0.15) is 4.39 Å². The van der Waals surface area contributed by atoms with E-state index in [-0.39, 0.29) is 18.3 Å². The third-order valence-corrected chi connectivity index (χ3v) is 5.29. The maximum absolute atomic E-state index is 14.7. The van der Waals surface area contributed by atoms with Crippen molar-refractivity contribution in [2.45, 2.75) is 64.9 Å². The Morgan fingerprint density at radius 1 is 1.12 bits per heavy atom. The molecular weight excluding hydrogens is 335 g/mol. The van der Waals surface area contributed by atoms with E-state index in [9.17, 15) is 9.50 Å². The Balaban J connectivity index is 2.07. The average molecular weight is 368 g/mol. The predicted octanol–water partition coefficient (Wildman–Crippen LogP) is 5.24. The fourth-order valence-electron chi connectivity index (χ4n) is 3.95. The van der Waals surface area contributed by atoms with Gasteiger partial charge in [0.05, 0.1) is 12.7 Å². The molecule has 1 aliphatic carbocycles. The van der Waals surface area contributed by atoms with Gasteiger partial charge in [0.1, 0.15) is 0 Å². The first-order valence-electron chi connectivity index (χ1n) is 9.85. The zero-order chi connectivity index (χ0) is 18.9. The summed E-state index contributed by atoms with van der Waals surface area (Å²) >= 11 is 0. The lowest BCUT2D eigenvalue weighted by atomic mass is 9.77. The van der Waals surface area contributed by atoms with Gasteiger partial charge in [0.25, 0.3) is 0 Å². The van der Waals surface area contributed by atoms with Crippen molar-refractivity contribution < 1.29 is 23.7 Å². The van der Waals surface area contributed by atoms with Gasteiger partial charge < -0.3 is 19.3 Å². The smallest absolute Gasteiger partial charge is 0.207 e. The van der Waals surface area contributed by atoms with Crippen LogP contribution in [0.1, 0.15) is 70.5 Å². The predicted molar refractivity (Wildman–Crippen MR) is 100 cm³/mol. The lowest BCUT2D eigenvalue weighted by molar-refractivity contribution is 0.0430. The van der Waals surface area contributed by atoms with Crippen molar-refractivity contribution in [3.63, 3.8) is 0 Å². The summed E-state index contributed by atoms with van der Waals surface area (Å²) in [5.41, 5.74) is 0.471. The first-order chi connectivity index (χ1) is 12.6. The molecule has 0 radical (unpaired) electrons. The second kappa shape index (κ2) is 10.7. The number of hydrogen-bond acceptors (Lipinski definition) is 4. The minimum absolute atomic E-state index is 0.0324. The van der Waals surface area contributed by atoms with Crippen molar-refractivity contribution in [2.75, 3.05) is 20.5 Å². The average Bonchev–Trinajstić information content (AvgIpc) is 2.64. The fraction of sp³-hybridized carbons (Fsp3) is 0.714. The summed E-state index contributed by atoms with van der Waals surface area (Å²) in [6.07, 6.45) is 7.16. The number of benzene rings is 1. The van der Waals surface area contributed by atoms with Crippen molar-refractivity contribution >= 4 is 0 Å². The van der Waals surface area contributed by atoms with Crippen LogP contribution in [0.2, 0.25) is 0 Å². The summed E-state index contributed by atoms with van der Waals surface area (Å²) in [5.74, 6) is 0.895. The molecule has 0 bridgehead atoms. The lowest BCUT2D eigenvalue weighted by Gasteiger charge is -2.30. The Morgan fingerprint density at radius 3 is 2.42 bits per heavy atom. The topological polar surface area (TPSA) is 47.9 Å². The summed E-state index contributed by atoms with van der Waals surface area (Å²) < 4.78 is 30.3. The molecular formula is C21H33FO4. The van der Waals surface area contributed by atoms with Crippen molar-refractivity contribution in [2.24, 2.45) is 11.8 Å². The van der Waals surface area contributed by atoms with Gasteiger partial charge in [-0.05, 0) is 37.3 Å². The van der Waals surface area contributed by atoms with E-state index in [0.717, 1.165) is 18.8 Å². The molecule has 1 aromatic carbocycles. The molecule has 0 aromatic heterocycles. The Kier molecular flexibility index (Phi) is 8.66. The van der Waals surface area contributed by atoms with Crippen LogP contribution in [0.15, 0.2) is 12.1 Å². The van der Waals surface area contributed by atoms with Crippen LogP contribution in [0.3, 0.4) is 0 Å². The van der Waals surface area contributed by atoms with Crippen LogP contribution in [0.5, 0.6) is 11.5 Å². The zero-order valence-electron chi connectivity index (χ0n) is 16.3. The van der Waals surface area contributed by atoms with Crippen molar-refractivity contribution in [3.8, 4) is 11.5 Å². The molecule has 0 aliphatic heterocycles. The summed E-state index contributed by atoms with van der Waals surface area (Å²) in [4.78, 5) is 0. The first-order valence-corrected chi connectivity index (χ1v) is 9.85. The fourth-order valence-corrected chi connectivity index (χ4v) is 3.95. The van der Waals surface area contributed by atoms with Gasteiger partial charge in [0.2, 0.25) is 5.82 Å². The molecule has 1 atom stereocenters. The van der Waals surface area contributed by atoms with Gasteiger partial charge in [-0.15, -0.1) is 0 Å². The first kappa shape index (κ1) is 21.0. The Bertz CT molecular complexity index is 541. The molecule has 4 nitrogen and oxygen atoms in total. The van der Waals surface area contributed by atoms with E-state index >= 15 is 0 Å². The van der Waals surface area contributed by atoms with Crippen LogP contribution in [-0.4, -0.2) is 25.6 Å². The van der Waals surface area contributed by atoms with Crippen molar-refractivity contribution in [1.29, 1.82) is 0 Å². The monoisotopic (exact) mass is 368 g/mol. The van der Waals surface area contributed by atoms with Crippen LogP contribution >= 0.6 is 0 Å². The SMILES string of the molecule is CCCC1CCC(CC(O)c2ccc(OCC)c(F)c2OCOC)CC1. The maximum atomic E-state index is 14.7. The van der Waals surface area contributed by atoms with Crippen LogP contribution < -0.4 is 9.47 Å². The molecule has 0 heterocycles. The molecule has 0 saturated heterocycles. The Labute approximate surface area is 156 Å². The Morgan fingerprint density at radius 2 is 1.81 bits per heavy atom. The third kappa shape index (κ3) is 5.58. The van der Waals surface area contributed by atoms with Crippen molar-refractivity contribution in [1.82, 2.24) is 0 Å². The number of methoxy groups -OCH3 is 1. The molecule has 1 aromatic rings. The van der Waals surface area contributed by atoms with E-state index in [2.05, 4.69) is 6.92 Å². The van der Waals surface area contributed by atoms with Gasteiger partial charge in [0.15, 0.2) is 18.3 Å². The highest BCUT2D eigenvalue weighted by Crippen LogP contribution is 2.40. The summed E-state index contributed by atoms with van der Waals surface area (Å²) in [7, 11) is 1.48. The molecule has 1 N–H and O–H groups in total. The molecule has 0 spiro atoms. The van der Waals surface area contributed by atoms with Gasteiger partial charge in [-0.1, -0.05) is 45.4 Å². The second-order valence-corrected chi connectivity index (χ2v) is 7.21. The molecule has 2 rings (SSSR count). The molecule has 0 amide bonds. The quantitative estimate of drug-likeness (QED) is 0.574. The number of halogens is 1. The van der Waals surface area contributed by atoms with Crippen LogP contribution in [0.25, 0.3) is 0 Å². The number of rotatable bonds is 10. The Hall–Kier alpha value is -1.33. The van der Waals surface area contributed by atoms with Gasteiger partial charge in [0, 0.05) is 12.7 Å². The molecule has 1 unspecified atom stereocenters. The largest absolute Gasteiger partial charge is 0.491 e. The van der Waals surface area contributed by atoms with E-state index in [1.165, 1.54) is 32.8 Å². The molecule has 1 aliphatic rings. The highest BCUT2D eigenvalue weighted by Gasteiger charge is 2.26. The third-order valence-electron chi connectivity index (χ3n) is 5.29. The molecule has 148 valence electrons. The van der Waals surface area contributed by atoms with E-state index in [1.807, 2.05) is 0 Å². The van der Waals surface area contributed by atoms with Crippen LogP contribution in [0, 0.1) is 17.7 Å². The van der Waals surface area contributed by atoms with Crippen LogP contribution in [-0.2, 0) is 4.74 Å². The maximum Gasteiger partial charge on any atom is 0.207 e. The summed E-state index contributed by atoms with van der Waals surface area (Å²) in [5, 5.41) is 10.7. The summed E-state index contributed by atoms with van der Waals surface area (Å²) in [6, 6.07) is 3.27. The number of aliphatic hydroxyl groups is 1. The highest BCUT2D eigenvalue weighted by molar-refractivity contribution is 5.44. The lowest BCUT2D eigenvalue weighted by Crippen LogP contribution is -2.17. The van der Waals surface area contributed by atoms with E-state index in [4.69, 9.17) is 14.2 Å². The molecule has 5 heteroatoms. The van der Waals surface area contributed by atoms with Gasteiger partial charge in [-0.3, -0.25) is 0 Å². The number of ether oxygens (including phenoxy) is 3. The van der Waals surface area contributed by atoms with Crippen molar-refractivity contribution in [3.05, 3.63) is 23.5 Å². The normalized spacial score (nSPS) is 21.4. The molecule has 26 heavy (non-hydrogen) atoms. The van der Waals surface area contributed by atoms with Gasteiger partial charge >= 0.3 is 0 Å². The molecule has 1 fully saturated rings. The highest BCUT2D eigenvalue weighted by atomic mass is 19.1. The van der Waals surface area contributed by atoms with E-state index < -0.39 is 11.9 Å². The standard InChI is InChI=1S/C21H33FO4/c1-4-6-15-7-9-16(10-8-15)13-18(23)17-11-12-19(25-5-2)20(22)21(17)26-14-24-3/h11-12,15-16,18,23H,4-10,13-14H2,1-3H3. The van der Waals surface area contributed by atoms with Crippen LogP contribution in [0.4, 0.5) is 4.39 Å². The minimum atomic E-state index is -0.750. The van der Waals surface area contributed by atoms with Gasteiger partial charge in [-0.25, -0.2) is 0 Å². The molecule has 1 saturated carbocycles. The van der Waals surface area contributed by atoms with E-state index in [1.54, 1.807) is 19.1 Å². The second-order valence-electron chi connectivity index (χ2n) is 7.21. The number of aliphatic hydroxyl groups excluding tert-OH is 1. The summed E-state index contributed by atoms with van der Waals surface area (Å²) in [6.45, 7) is 4.32. The number of hydrogen-bond donors (Lipinski definition) is 1. The minimum Gasteiger partial charge on any atom is -0.491 e. The van der Waals surface area contributed by atoms with E-state index in [0.29, 0.717) is 24.5 Å².